The molecule has 0 aliphatic rings. The molecule has 0 spiro atoms. The molecule has 1 rings (SSSR count). The highest BCUT2D eigenvalue weighted by Crippen LogP contribution is 2.29. The largest absolute Gasteiger partial charge is 0.491 e. The van der Waals surface area contributed by atoms with Crippen LogP contribution in [0.1, 0.15) is 12.0 Å². The van der Waals surface area contributed by atoms with Crippen molar-refractivity contribution in [1.82, 2.24) is 0 Å². The standard InChI is InChI=1S/C12H12ClF2N2O2P/c13-6-11(18)17-9-5-8(7-16)1-2-10(9)19-4-3-12(14,15)20/h1-2,5H,3-4,6,20H2,(H,17,18). The third-order valence-electron chi connectivity index (χ3n) is 2.20. The molecule has 0 aromatic heterocycles. The number of rotatable bonds is 6. The zero-order valence-electron chi connectivity index (χ0n) is 10.3. The molecule has 8 heteroatoms. The lowest BCUT2D eigenvalue weighted by Crippen LogP contribution is -2.15. The Bertz CT molecular complexity index is 529. The van der Waals surface area contributed by atoms with Gasteiger partial charge in [-0.3, -0.25) is 4.79 Å². The van der Waals surface area contributed by atoms with Crippen molar-refractivity contribution in [2.75, 3.05) is 17.8 Å². The summed E-state index contributed by atoms with van der Waals surface area (Å²) in [5.74, 6) is -0.542. The quantitative estimate of drug-likeness (QED) is 0.647. The number of alkyl halides is 3. The van der Waals surface area contributed by atoms with E-state index in [9.17, 15) is 13.6 Å². The number of benzene rings is 1. The molecule has 1 atom stereocenters. The van der Waals surface area contributed by atoms with E-state index >= 15 is 0 Å². The Hall–Kier alpha value is -1.44. The van der Waals surface area contributed by atoms with Crippen LogP contribution in [0.2, 0.25) is 0 Å². The predicted molar refractivity (Wildman–Crippen MR) is 75.3 cm³/mol. The Morgan fingerprint density at radius 1 is 1.55 bits per heavy atom. The molecule has 0 aliphatic carbocycles. The Labute approximate surface area is 122 Å². The second-order valence-electron chi connectivity index (χ2n) is 3.86. The fraction of sp³-hybridized carbons (Fsp3) is 0.333. The molecule has 108 valence electrons. The maximum Gasteiger partial charge on any atom is 0.262 e. The number of carbonyl (C=O) groups is 1. The summed E-state index contributed by atoms with van der Waals surface area (Å²) in [6, 6.07) is 6.19. The van der Waals surface area contributed by atoms with Crippen LogP contribution in [0.15, 0.2) is 18.2 Å². The van der Waals surface area contributed by atoms with E-state index in [2.05, 4.69) is 5.32 Å². The SMILES string of the molecule is N#Cc1ccc(OCCC(F)(F)P)c(NC(=O)CCl)c1. The Kier molecular flexibility index (Phi) is 6.12. The van der Waals surface area contributed by atoms with Crippen LogP contribution in [-0.2, 0) is 4.79 Å². The Morgan fingerprint density at radius 3 is 2.80 bits per heavy atom. The molecule has 0 radical (unpaired) electrons. The van der Waals surface area contributed by atoms with Crippen LogP contribution >= 0.6 is 20.8 Å². The van der Waals surface area contributed by atoms with Crippen molar-refractivity contribution in [3.05, 3.63) is 23.8 Å². The molecule has 0 saturated carbocycles. The van der Waals surface area contributed by atoms with Crippen LogP contribution in [0.25, 0.3) is 0 Å². The lowest BCUT2D eigenvalue weighted by Gasteiger charge is -2.14. The number of carbonyl (C=O) groups excluding carboxylic acids is 1. The summed E-state index contributed by atoms with van der Waals surface area (Å²) in [6.45, 7) is -0.230. The van der Waals surface area contributed by atoms with Gasteiger partial charge < -0.3 is 10.1 Å². The second kappa shape index (κ2) is 7.37. The Morgan fingerprint density at radius 2 is 2.25 bits per heavy atom. The third-order valence-corrected chi connectivity index (χ3v) is 2.73. The number of halogens is 3. The van der Waals surface area contributed by atoms with Crippen molar-refractivity contribution >= 4 is 32.4 Å². The summed E-state index contributed by atoms with van der Waals surface area (Å²) >= 11 is 5.37. The number of hydrogen-bond acceptors (Lipinski definition) is 3. The van der Waals surface area contributed by atoms with Gasteiger partial charge in [0.05, 0.1) is 23.9 Å². The van der Waals surface area contributed by atoms with Gasteiger partial charge in [-0.1, -0.05) is 9.24 Å². The van der Waals surface area contributed by atoms with E-state index in [4.69, 9.17) is 21.6 Å². The number of nitriles is 1. The molecule has 1 N–H and O–H groups in total. The van der Waals surface area contributed by atoms with Crippen LogP contribution in [0.4, 0.5) is 14.5 Å². The minimum atomic E-state index is -2.91. The van der Waals surface area contributed by atoms with Crippen LogP contribution < -0.4 is 10.1 Å². The van der Waals surface area contributed by atoms with E-state index in [0.717, 1.165) is 0 Å². The number of anilines is 1. The summed E-state index contributed by atoms with van der Waals surface area (Å²) in [4.78, 5) is 11.3. The number of hydrogen-bond donors (Lipinski definition) is 1. The molecule has 1 aromatic carbocycles. The van der Waals surface area contributed by atoms with E-state index < -0.39 is 18.0 Å². The number of nitrogens with zero attached hydrogens (tertiary/aromatic N) is 1. The van der Waals surface area contributed by atoms with E-state index in [-0.39, 0.29) is 23.9 Å². The molecular formula is C12H12ClF2N2O2P. The lowest BCUT2D eigenvalue weighted by atomic mass is 10.2. The van der Waals surface area contributed by atoms with Gasteiger partial charge >= 0.3 is 0 Å². The molecule has 0 saturated heterocycles. The summed E-state index contributed by atoms with van der Waals surface area (Å²) in [5, 5.41) is 11.2. The fourth-order valence-electron chi connectivity index (χ4n) is 1.30. The van der Waals surface area contributed by atoms with E-state index in [1.165, 1.54) is 27.4 Å². The number of amides is 1. The lowest BCUT2D eigenvalue weighted by molar-refractivity contribution is -0.113. The minimum absolute atomic E-state index is 0.205. The van der Waals surface area contributed by atoms with Gasteiger partial charge in [-0.2, -0.15) is 5.26 Å². The summed E-state index contributed by atoms with van der Waals surface area (Å²) in [5.41, 5.74) is -2.38. The van der Waals surface area contributed by atoms with E-state index in [1.54, 1.807) is 0 Å². The normalized spacial score (nSPS) is 10.8. The predicted octanol–water partition coefficient (Wildman–Crippen LogP) is 2.97. The first-order valence-electron chi connectivity index (χ1n) is 5.55. The maximum atomic E-state index is 12.7. The smallest absolute Gasteiger partial charge is 0.262 e. The van der Waals surface area contributed by atoms with Crippen molar-refractivity contribution in [3.8, 4) is 11.8 Å². The van der Waals surface area contributed by atoms with Crippen molar-refractivity contribution < 1.29 is 18.3 Å². The van der Waals surface area contributed by atoms with Gasteiger partial charge in [0.1, 0.15) is 11.6 Å². The van der Waals surface area contributed by atoms with Crippen molar-refractivity contribution in [3.63, 3.8) is 0 Å². The average Bonchev–Trinajstić information content (AvgIpc) is 2.38. The molecular weight excluding hydrogens is 309 g/mol. The van der Waals surface area contributed by atoms with Crippen LogP contribution in [-0.4, -0.2) is 24.1 Å². The highest BCUT2D eigenvalue weighted by molar-refractivity contribution is 7.18. The van der Waals surface area contributed by atoms with Gasteiger partial charge in [-0.05, 0) is 18.2 Å². The van der Waals surface area contributed by atoms with E-state index in [1.807, 2.05) is 6.07 Å². The van der Waals surface area contributed by atoms with Crippen LogP contribution in [0.5, 0.6) is 5.75 Å². The van der Waals surface area contributed by atoms with Crippen molar-refractivity contribution in [2.45, 2.75) is 12.1 Å². The van der Waals surface area contributed by atoms with Gasteiger partial charge in [0.25, 0.3) is 5.66 Å². The van der Waals surface area contributed by atoms with E-state index in [0.29, 0.717) is 5.56 Å². The molecule has 1 unspecified atom stereocenters. The zero-order chi connectivity index (χ0) is 15.2. The fourth-order valence-corrected chi connectivity index (χ4v) is 1.49. The van der Waals surface area contributed by atoms with Crippen LogP contribution in [0, 0.1) is 11.3 Å². The molecule has 20 heavy (non-hydrogen) atoms. The minimum Gasteiger partial charge on any atom is -0.491 e. The first kappa shape index (κ1) is 16.6. The zero-order valence-corrected chi connectivity index (χ0v) is 12.2. The van der Waals surface area contributed by atoms with Crippen molar-refractivity contribution in [2.24, 2.45) is 0 Å². The molecule has 0 fully saturated rings. The van der Waals surface area contributed by atoms with Gasteiger partial charge in [-0.15, -0.1) is 11.6 Å². The highest BCUT2D eigenvalue weighted by Gasteiger charge is 2.21. The number of nitrogens with one attached hydrogen (secondary N) is 1. The third kappa shape index (κ3) is 5.68. The average molecular weight is 321 g/mol. The molecule has 0 heterocycles. The van der Waals surface area contributed by atoms with Gasteiger partial charge in [0.15, 0.2) is 0 Å². The molecule has 0 aliphatic heterocycles. The summed E-state index contributed by atoms with van der Waals surface area (Å²) in [7, 11) is 1.42. The highest BCUT2D eigenvalue weighted by atomic mass is 35.5. The van der Waals surface area contributed by atoms with Gasteiger partial charge in [0.2, 0.25) is 5.91 Å². The molecule has 1 amide bonds. The van der Waals surface area contributed by atoms with Gasteiger partial charge in [0, 0.05) is 6.42 Å². The van der Waals surface area contributed by atoms with Crippen LogP contribution in [0.3, 0.4) is 0 Å². The number of ether oxygens (including phenoxy) is 1. The van der Waals surface area contributed by atoms with Gasteiger partial charge in [-0.25, -0.2) is 8.78 Å². The maximum absolute atomic E-state index is 12.7. The first-order valence-corrected chi connectivity index (χ1v) is 6.66. The topological polar surface area (TPSA) is 62.1 Å². The summed E-state index contributed by atoms with van der Waals surface area (Å²) < 4.78 is 30.5. The molecule has 0 bridgehead atoms. The Balaban J connectivity index is 2.83. The second-order valence-corrected chi connectivity index (χ2v) is 4.98. The first-order chi connectivity index (χ1) is 9.35. The molecule has 4 nitrogen and oxygen atoms in total. The molecule has 1 aromatic rings. The summed E-state index contributed by atoms with van der Waals surface area (Å²) in [6.07, 6.45) is -0.486. The monoisotopic (exact) mass is 320 g/mol. The van der Waals surface area contributed by atoms with Crippen molar-refractivity contribution in [1.29, 1.82) is 5.26 Å².